The normalized spacial score (nSPS) is 10.3. The topological polar surface area (TPSA) is 116 Å². The van der Waals surface area contributed by atoms with Gasteiger partial charge in [0.15, 0.2) is 0 Å². The Kier molecular flexibility index (Phi) is 3.15. The first-order chi connectivity index (χ1) is 8.99. The number of aromatic carboxylic acids is 1. The molecular formula is C11H8N2O6. The molecule has 0 saturated heterocycles. The molecule has 0 fully saturated rings. The summed E-state index contributed by atoms with van der Waals surface area (Å²) in [6.07, 6.45) is 3.62. The molecule has 98 valence electrons. The Hall–Kier alpha value is -2.90. The molecule has 0 aromatic carbocycles. The molecule has 0 amide bonds. The van der Waals surface area contributed by atoms with Gasteiger partial charge in [-0.1, -0.05) is 0 Å². The molecule has 0 saturated carbocycles. The van der Waals surface area contributed by atoms with Gasteiger partial charge in [-0.3, -0.25) is 14.9 Å². The number of nitro groups is 1. The highest BCUT2D eigenvalue weighted by atomic mass is 16.6. The van der Waals surface area contributed by atoms with E-state index in [9.17, 15) is 19.7 Å². The first-order valence-corrected chi connectivity index (χ1v) is 5.13. The number of furan rings is 1. The third-order valence-corrected chi connectivity index (χ3v) is 2.45. The SMILES string of the molecule is O=C(O)c1occc1Cn1ccc(=O)c([N+](=O)[O-])c1. The lowest BCUT2D eigenvalue weighted by Crippen LogP contribution is -2.12. The largest absolute Gasteiger partial charge is 0.475 e. The predicted molar refractivity (Wildman–Crippen MR) is 62.1 cm³/mol. The van der Waals surface area contributed by atoms with Gasteiger partial charge in [-0.2, -0.15) is 0 Å². The van der Waals surface area contributed by atoms with Crippen LogP contribution in [-0.4, -0.2) is 20.6 Å². The zero-order valence-electron chi connectivity index (χ0n) is 9.48. The number of nitrogens with zero attached hydrogens (tertiary/aromatic N) is 2. The molecular weight excluding hydrogens is 256 g/mol. The molecule has 2 heterocycles. The summed E-state index contributed by atoms with van der Waals surface area (Å²) in [5, 5.41) is 19.5. The first-order valence-electron chi connectivity index (χ1n) is 5.13. The number of aromatic nitrogens is 1. The van der Waals surface area contributed by atoms with Crippen molar-refractivity contribution in [1.82, 2.24) is 4.57 Å². The molecule has 0 radical (unpaired) electrons. The van der Waals surface area contributed by atoms with E-state index in [1.165, 1.54) is 23.1 Å². The van der Waals surface area contributed by atoms with Crippen LogP contribution < -0.4 is 5.43 Å². The smallest absolute Gasteiger partial charge is 0.372 e. The summed E-state index contributed by atoms with van der Waals surface area (Å²) in [6, 6.07) is 2.51. The monoisotopic (exact) mass is 264 g/mol. The summed E-state index contributed by atoms with van der Waals surface area (Å²) < 4.78 is 6.14. The van der Waals surface area contributed by atoms with Crippen molar-refractivity contribution in [2.45, 2.75) is 6.54 Å². The lowest BCUT2D eigenvalue weighted by molar-refractivity contribution is -0.386. The third-order valence-electron chi connectivity index (χ3n) is 2.45. The van der Waals surface area contributed by atoms with Crippen LogP contribution in [0.4, 0.5) is 5.69 Å². The molecule has 8 nitrogen and oxygen atoms in total. The van der Waals surface area contributed by atoms with Crippen LogP contribution in [0.1, 0.15) is 16.1 Å². The number of pyridine rings is 1. The van der Waals surface area contributed by atoms with Crippen LogP contribution in [0.15, 0.2) is 40.0 Å². The van der Waals surface area contributed by atoms with E-state index < -0.39 is 22.0 Å². The Morgan fingerprint density at radius 2 is 2.21 bits per heavy atom. The van der Waals surface area contributed by atoms with E-state index in [-0.39, 0.29) is 12.3 Å². The van der Waals surface area contributed by atoms with Crippen molar-refractivity contribution in [3.05, 3.63) is 62.5 Å². The number of rotatable bonds is 4. The van der Waals surface area contributed by atoms with Crippen molar-refractivity contribution in [2.24, 2.45) is 0 Å². The number of hydrogen-bond acceptors (Lipinski definition) is 5. The van der Waals surface area contributed by atoms with Crippen LogP contribution in [0.5, 0.6) is 0 Å². The standard InChI is InChI=1S/C11H8N2O6/c14-9-1-3-12(6-8(9)13(17)18)5-7-2-4-19-10(7)11(15)16/h1-4,6H,5H2,(H,15,16). The summed E-state index contributed by atoms with van der Waals surface area (Å²) >= 11 is 0. The molecule has 1 N–H and O–H groups in total. The molecule has 8 heteroatoms. The predicted octanol–water partition coefficient (Wildman–Crippen LogP) is 1.10. The zero-order valence-corrected chi connectivity index (χ0v) is 9.48. The van der Waals surface area contributed by atoms with Crippen LogP contribution in [0.2, 0.25) is 0 Å². The molecule has 0 aliphatic heterocycles. The van der Waals surface area contributed by atoms with Gasteiger partial charge in [-0.05, 0) is 6.07 Å². The van der Waals surface area contributed by atoms with Crippen LogP contribution in [0.25, 0.3) is 0 Å². The van der Waals surface area contributed by atoms with E-state index in [2.05, 4.69) is 0 Å². The van der Waals surface area contributed by atoms with Crippen LogP contribution >= 0.6 is 0 Å². The Morgan fingerprint density at radius 3 is 2.84 bits per heavy atom. The van der Waals surface area contributed by atoms with E-state index in [0.29, 0.717) is 5.56 Å². The highest BCUT2D eigenvalue weighted by Gasteiger charge is 2.16. The van der Waals surface area contributed by atoms with E-state index in [4.69, 9.17) is 9.52 Å². The van der Waals surface area contributed by atoms with Gasteiger partial charge in [-0.15, -0.1) is 0 Å². The second-order valence-corrected chi connectivity index (χ2v) is 3.70. The van der Waals surface area contributed by atoms with E-state index in [0.717, 1.165) is 12.3 Å². The highest BCUT2D eigenvalue weighted by Crippen LogP contribution is 2.13. The summed E-state index contributed by atoms with van der Waals surface area (Å²) in [5.41, 5.74) is -0.916. The maximum absolute atomic E-state index is 11.2. The fraction of sp³-hybridized carbons (Fsp3) is 0.0909. The van der Waals surface area contributed by atoms with E-state index in [1.54, 1.807) is 0 Å². The van der Waals surface area contributed by atoms with Crippen molar-refractivity contribution in [3.63, 3.8) is 0 Å². The van der Waals surface area contributed by atoms with Crippen molar-refractivity contribution in [2.75, 3.05) is 0 Å². The molecule has 2 aromatic heterocycles. The Bertz CT molecular complexity index is 699. The Balaban J connectivity index is 2.36. The van der Waals surface area contributed by atoms with E-state index in [1.807, 2.05) is 0 Å². The minimum Gasteiger partial charge on any atom is -0.475 e. The molecule has 0 unspecified atom stereocenters. The minimum atomic E-state index is -1.23. The average molecular weight is 264 g/mol. The summed E-state index contributed by atoms with van der Waals surface area (Å²) in [7, 11) is 0. The molecule has 0 atom stereocenters. The number of carbonyl (C=O) groups is 1. The van der Waals surface area contributed by atoms with Crippen molar-refractivity contribution < 1.29 is 19.2 Å². The molecule has 0 bridgehead atoms. The molecule has 0 aliphatic rings. The maximum atomic E-state index is 11.2. The van der Waals surface area contributed by atoms with Gasteiger partial charge in [0.05, 0.1) is 23.9 Å². The Morgan fingerprint density at radius 1 is 1.47 bits per heavy atom. The van der Waals surface area contributed by atoms with Gasteiger partial charge in [0, 0.05) is 17.8 Å². The van der Waals surface area contributed by atoms with Crippen LogP contribution in [0.3, 0.4) is 0 Å². The van der Waals surface area contributed by atoms with Gasteiger partial charge < -0.3 is 14.1 Å². The number of carboxylic acids is 1. The fourth-order valence-electron chi connectivity index (χ4n) is 1.59. The molecule has 2 aromatic rings. The Labute approximate surface area is 105 Å². The lowest BCUT2D eigenvalue weighted by Gasteiger charge is -2.04. The van der Waals surface area contributed by atoms with E-state index >= 15 is 0 Å². The second kappa shape index (κ2) is 4.77. The molecule has 2 rings (SSSR count). The third kappa shape index (κ3) is 2.51. The quantitative estimate of drug-likeness (QED) is 0.652. The number of carboxylic acid groups (broad SMARTS) is 1. The van der Waals surface area contributed by atoms with Crippen molar-refractivity contribution in [3.8, 4) is 0 Å². The van der Waals surface area contributed by atoms with Crippen molar-refractivity contribution in [1.29, 1.82) is 0 Å². The minimum absolute atomic E-state index is 0.0548. The maximum Gasteiger partial charge on any atom is 0.372 e. The lowest BCUT2D eigenvalue weighted by atomic mass is 10.2. The first kappa shape index (κ1) is 12.6. The van der Waals surface area contributed by atoms with Gasteiger partial charge in [0.1, 0.15) is 0 Å². The van der Waals surface area contributed by atoms with Crippen LogP contribution in [0, 0.1) is 10.1 Å². The van der Waals surface area contributed by atoms with Crippen molar-refractivity contribution >= 4 is 11.7 Å². The summed E-state index contributed by atoms with van der Waals surface area (Å²) in [5.74, 6) is -1.46. The molecule has 0 aliphatic carbocycles. The molecule has 0 spiro atoms. The van der Waals surface area contributed by atoms with Gasteiger partial charge >= 0.3 is 11.7 Å². The summed E-state index contributed by atoms with van der Waals surface area (Å²) in [6.45, 7) is 0.0548. The number of hydrogen-bond donors (Lipinski definition) is 1. The van der Waals surface area contributed by atoms with Gasteiger partial charge in [0.2, 0.25) is 5.76 Å². The fourth-order valence-corrected chi connectivity index (χ4v) is 1.59. The van der Waals surface area contributed by atoms with Gasteiger partial charge in [-0.25, -0.2) is 4.79 Å². The average Bonchev–Trinajstić information content (AvgIpc) is 2.79. The molecule has 19 heavy (non-hydrogen) atoms. The highest BCUT2D eigenvalue weighted by molar-refractivity contribution is 5.86. The van der Waals surface area contributed by atoms with Crippen LogP contribution in [-0.2, 0) is 6.54 Å². The second-order valence-electron chi connectivity index (χ2n) is 3.70. The summed E-state index contributed by atoms with van der Waals surface area (Å²) in [4.78, 5) is 31.9. The van der Waals surface area contributed by atoms with Gasteiger partial charge in [0.25, 0.3) is 5.43 Å². The zero-order chi connectivity index (χ0) is 14.0.